The number of carbonyl (C=O) groups excluding carboxylic acids is 1. The smallest absolute Gasteiger partial charge is 0.337 e. The van der Waals surface area contributed by atoms with Crippen molar-refractivity contribution in [3.63, 3.8) is 0 Å². The minimum atomic E-state index is -0.370. The molecule has 0 radical (unpaired) electrons. The van der Waals surface area contributed by atoms with E-state index in [0.717, 1.165) is 43.1 Å². The maximum atomic E-state index is 11.8. The summed E-state index contributed by atoms with van der Waals surface area (Å²) in [4.78, 5) is 18.6. The van der Waals surface area contributed by atoms with Crippen molar-refractivity contribution in [3.05, 3.63) is 71.5 Å². The largest absolute Gasteiger partial charge is 0.465 e. The topological polar surface area (TPSA) is 64.3 Å². The summed E-state index contributed by atoms with van der Waals surface area (Å²) in [7, 11) is 1.37. The number of esters is 1. The van der Waals surface area contributed by atoms with Crippen molar-refractivity contribution in [2.45, 2.75) is 6.92 Å². The van der Waals surface area contributed by atoms with Crippen molar-refractivity contribution >= 4 is 23.6 Å². The van der Waals surface area contributed by atoms with Crippen LogP contribution in [-0.2, 0) is 9.47 Å². The third-order valence-electron chi connectivity index (χ3n) is 5.12. The number of aliphatic imine (C=N–C) groups is 1. The maximum Gasteiger partial charge on any atom is 0.337 e. The Morgan fingerprint density at radius 1 is 1.07 bits per heavy atom. The van der Waals surface area contributed by atoms with Gasteiger partial charge in [0.15, 0.2) is 0 Å². The Labute approximate surface area is 175 Å². The fraction of sp³-hybridized carbons (Fsp3) is 0.250. The molecule has 4 rings (SSSR count). The van der Waals surface area contributed by atoms with E-state index in [1.807, 2.05) is 37.3 Å². The Hall–Kier alpha value is -3.38. The van der Waals surface area contributed by atoms with Crippen molar-refractivity contribution in [2.75, 3.05) is 38.3 Å². The van der Waals surface area contributed by atoms with Gasteiger partial charge in [-0.05, 0) is 61.0 Å². The monoisotopic (exact) mass is 404 g/mol. The number of hydrogen-bond donors (Lipinski definition) is 0. The normalized spacial score (nSPS) is 14.3. The zero-order valence-electron chi connectivity index (χ0n) is 17.1. The molecule has 2 heterocycles. The lowest BCUT2D eigenvalue weighted by Gasteiger charge is -2.28. The average Bonchev–Trinajstić information content (AvgIpc) is 3.27. The fourth-order valence-corrected chi connectivity index (χ4v) is 3.41. The van der Waals surface area contributed by atoms with Crippen LogP contribution in [0.2, 0.25) is 0 Å². The van der Waals surface area contributed by atoms with E-state index in [-0.39, 0.29) is 5.97 Å². The zero-order chi connectivity index (χ0) is 20.9. The molecule has 0 atom stereocenters. The second kappa shape index (κ2) is 8.97. The number of ether oxygens (including phenoxy) is 2. The van der Waals surface area contributed by atoms with Gasteiger partial charge in [0.2, 0.25) is 0 Å². The first-order chi connectivity index (χ1) is 14.6. The second-order valence-electron chi connectivity index (χ2n) is 7.10. The highest BCUT2D eigenvalue weighted by Crippen LogP contribution is 2.27. The number of rotatable bonds is 5. The minimum Gasteiger partial charge on any atom is -0.465 e. The van der Waals surface area contributed by atoms with Crippen molar-refractivity contribution in [2.24, 2.45) is 4.99 Å². The molecule has 6 heteroatoms. The number of hydrogen-bond acceptors (Lipinski definition) is 6. The molecule has 3 aromatic rings. The van der Waals surface area contributed by atoms with Crippen LogP contribution in [0.25, 0.3) is 11.3 Å². The number of benzene rings is 2. The molecule has 1 aliphatic heterocycles. The van der Waals surface area contributed by atoms with Crippen molar-refractivity contribution in [1.29, 1.82) is 0 Å². The van der Waals surface area contributed by atoms with Crippen LogP contribution < -0.4 is 4.90 Å². The molecule has 30 heavy (non-hydrogen) atoms. The standard InChI is InChI=1S/C24H24N2O4/c1-17-3-4-18(24(27)28-2)15-22(17)23-10-9-21(30-23)16-25-19-5-7-20(8-6-19)26-11-13-29-14-12-26/h3-10,15-16H,11-14H2,1-2H3. The Bertz CT molecular complexity index is 1050. The Balaban J connectivity index is 1.48. The van der Waals surface area contributed by atoms with Gasteiger partial charge in [-0.3, -0.25) is 4.99 Å². The highest BCUT2D eigenvalue weighted by Gasteiger charge is 2.13. The quantitative estimate of drug-likeness (QED) is 0.458. The van der Waals surface area contributed by atoms with E-state index in [4.69, 9.17) is 13.9 Å². The van der Waals surface area contributed by atoms with Crippen LogP contribution in [0, 0.1) is 6.92 Å². The van der Waals surface area contributed by atoms with E-state index >= 15 is 0 Å². The number of morpholine rings is 1. The van der Waals surface area contributed by atoms with Gasteiger partial charge in [0.05, 0.1) is 37.8 Å². The van der Waals surface area contributed by atoms with Crippen LogP contribution in [0.4, 0.5) is 11.4 Å². The van der Waals surface area contributed by atoms with E-state index in [2.05, 4.69) is 22.0 Å². The van der Waals surface area contributed by atoms with Gasteiger partial charge in [0.25, 0.3) is 0 Å². The molecular weight excluding hydrogens is 380 g/mol. The maximum absolute atomic E-state index is 11.8. The lowest BCUT2D eigenvalue weighted by atomic mass is 10.0. The van der Waals surface area contributed by atoms with Crippen LogP contribution in [0.5, 0.6) is 0 Å². The first-order valence-corrected chi connectivity index (χ1v) is 9.90. The number of carbonyl (C=O) groups is 1. The zero-order valence-corrected chi connectivity index (χ0v) is 17.1. The van der Waals surface area contributed by atoms with Crippen LogP contribution in [0.15, 0.2) is 64.0 Å². The van der Waals surface area contributed by atoms with Gasteiger partial charge in [-0.2, -0.15) is 0 Å². The molecule has 0 amide bonds. The van der Waals surface area contributed by atoms with Gasteiger partial charge in [0.1, 0.15) is 11.5 Å². The van der Waals surface area contributed by atoms with E-state index in [0.29, 0.717) is 17.1 Å². The Morgan fingerprint density at radius 2 is 1.83 bits per heavy atom. The molecule has 0 aliphatic carbocycles. The molecule has 0 N–H and O–H groups in total. The van der Waals surface area contributed by atoms with Crippen LogP contribution >= 0.6 is 0 Å². The third-order valence-corrected chi connectivity index (χ3v) is 5.12. The number of methoxy groups -OCH3 is 1. The molecule has 154 valence electrons. The van der Waals surface area contributed by atoms with Gasteiger partial charge >= 0.3 is 5.97 Å². The van der Waals surface area contributed by atoms with Crippen LogP contribution in [0.3, 0.4) is 0 Å². The van der Waals surface area contributed by atoms with Gasteiger partial charge in [0, 0.05) is 24.3 Å². The number of furan rings is 1. The SMILES string of the molecule is COC(=O)c1ccc(C)c(-c2ccc(C=Nc3ccc(N4CCOCC4)cc3)o2)c1. The predicted molar refractivity (Wildman–Crippen MR) is 117 cm³/mol. The molecule has 0 unspecified atom stereocenters. The summed E-state index contributed by atoms with van der Waals surface area (Å²) in [6.07, 6.45) is 1.70. The Kier molecular flexibility index (Phi) is 5.95. The van der Waals surface area contributed by atoms with E-state index in [9.17, 15) is 4.79 Å². The number of aryl methyl sites for hydroxylation is 1. The molecule has 1 saturated heterocycles. The minimum absolute atomic E-state index is 0.370. The van der Waals surface area contributed by atoms with E-state index < -0.39 is 0 Å². The van der Waals surface area contributed by atoms with E-state index in [1.165, 1.54) is 12.8 Å². The van der Waals surface area contributed by atoms with Crippen molar-refractivity contribution in [3.8, 4) is 11.3 Å². The average molecular weight is 404 g/mol. The number of anilines is 1. The molecule has 1 fully saturated rings. The van der Waals surface area contributed by atoms with Gasteiger partial charge in [-0.1, -0.05) is 6.07 Å². The van der Waals surface area contributed by atoms with Gasteiger partial charge < -0.3 is 18.8 Å². The van der Waals surface area contributed by atoms with Crippen molar-refractivity contribution in [1.82, 2.24) is 0 Å². The molecule has 0 saturated carbocycles. The molecule has 1 aromatic heterocycles. The van der Waals surface area contributed by atoms with Gasteiger partial charge in [-0.15, -0.1) is 0 Å². The third kappa shape index (κ3) is 4.44. The molecule has 1 aliphatic rings. The molecule has 0 spiro atoms. The highest BCUT2D eigenvalue weighted by molar-refractivity contribution is 5.91. The summed E-state index contributed by atoms with van der Waals surface area (Å²) in [6.45, 7) is 5.33. The van der Waals surface area contributed by atoms with Crippen molar-refractivity contribution < 1.29 is 18.7 Å². The summed E-state index contributed by atoms with van der Waals surface area (Å²) >= 11 is 0. The molecule has 0 bridgehead atoms. The van der Waals surface area contributed by atoms with Gasteiger partial charge in [-0.25, -0.2) is 4.79 Å². The summed E-state index contributed by atoms with van der Waals surface area (Å²) in [5.74, 6) is 0.956. The summed E-state index contributed by atoms with van der Waals surface area (Å²) in [5.41, 5.74) is 4.39. The molecule has 2 aromatic carbocycles. The van der Waals surface area contributed by atoms with E-state index in [1.54, 1.807) is 18.3 Å². The Morgan fingerprint density at radius 3 is 2.57 bits per heavy atom. The summed E-state index contributed by atoms with van der Waals surface area (Å²) < 4.78 is 16.1. The van der Waals surface area contributed by atoms with Crippen LogP contribution in [-0.4, -0.2) is 45.6 Å². The molecule has 6 nitrogen and oxygen atoms in total. The fourth-order valence-electron chi connectivity index (χ4n) is 3.41. The van der Waals surface area contributed by atoms with Crippen LogP contribution in [0.1, 0.15) is 21.7 Å². The second-order valence-corrected chi connectivity index (χ2v) is 7.10. The first-order valence-electron chi connectivity index (χ1n) is 9.90. The lowest BCUT2D eigenvalue weighted by molar-refractivity contribution is 0.0601. The lowest BCUT2D eigenvalue weighted by Crippen LogP contribution is -2.36. The predicted octanol–water partition coefficient (Wildman–Crippen LogP) is 4.63. The number of nitrogens with zero attached hydrogens (tertiary/aromatic N) is 2. The molecular formula is C24H24N2O4. The first kappa shape index (κ1) is 19.9. The summed E-state index contributed by atoms with van der Waals surface area (Å²) in [5, 5.41) is 0. The summed E-state index contributed by atoms with van der Waals surface area (Å²) in [6, 6.07) is 17.3. The highest BCUT2D eigenvalue weighted by atomic mass is 16.5.